The predicted octanol–water partition coefficient (Wildman–Crippen LogP) is 2.73. The van der Waals surface area contributed by atoms with Crippen molar-refractivity contribution in [2.45, 2.75) is 57.4 Å². The molecule has 0 atom stereocenters. The third kappa shape index (κ3) is 3.46. The molecule has 0 unspecified atom stereocenters. The minimum Gasteiger partial charge on any atom is -0.381 e. The van der Waals surface area contributed by atoms with Gasteiger partial charge in [0.25, 0.3) is 0 Å². The lowest BCUT2D eigenvalue weighted by Gasteiger charge is -2.36. The molecule has 0 aromatic heterocycles. The zero-order chi connectivity index (χ0) is 10.6. The van der Waals surface area contributed by atoms with Crippen LogP contribution in [0.3, 0.4) is 0 Å². The Hall–Kier alpha value is -0.0800. The van der Waals surface area contributed by atoms with Gasteiger partial charge < -0.3 is 10.1 Å². The Morgan fingerprint density at radius 3 is 2.47 bits per heavy atom. The van der Waals surface area contributed by atoms with Crippen LogP contribution in [0.2, 0.25) is 0 Å². The SMILES string of the molecule is CC1(NCC2CCCCC2)CCOCC1. The van der Waals surface area contributed by atoms with Gasteiger partial charge in [-0.25, -0.2) is 0 Å². The molecule has 2 rings (SSSR count). The molecule has 2 aliphatic rings. The average molecular weight is 211 g/mol. The number of hydrogen-bond donors (Lipinski definition) is 1. The zero-order valence-electron chi connectivity index (χ0n) is 10.1. The fraction of sp³-hybridized carbons (Fsp3) is 1.00. The molecule has 1 saturated heterocycles. The Morgan fingerprint density at radius 1 is 1.13 bits per heavy atom. The maximum absolute atomic E-state index is 5.42. The molecule has 2 heteroatoms. The van der Waals surface area contributed by atoms with E-state index in [1.165, 1.54) is 51.5 Å². The van der Waals surface area contributed by atoms with Crippen LogP contribution in [0, 0.1) is 5.92 Å². The van der Waals surface area contributed by atoms with Crippen molar-refractivity contribution in [3.8, 4) is 0 Å². The first-order chi connectivity index (χ1) is 7.29. The maximum atomic E-state index is 5.42. The highest BCUT2D eigenvalue weighted by Crippen LogP contribution is 2.25. The van der Waals surface area contributed by atoms with Gasteiger partial charge in [-0.05, 0) is 45.1 Å². The number of nitrogens with one attached hydrogen (secondary N) is 1. The highest BCUT2D eigenvalue weighted by molar-refractivity contribution is 4.86. The summed E-state index contributed by atoms with van der Waals surface area (Å²) < 4.78 is 5.42. The second-order valence-electron chi connectivity index (χ2n) is 5.56. The average Bonchev–Trinajstić information content (AvgIpc) is 2.29. The van der Waals surface area contributed by atoms with Gasteiger partial charge in [-0.2, -0.15) is 0 Å². The fourth-order valence-corrected chi connectivity index (χ4v) is 2.78. The van der Waals surface area contributed by atoms with E-state index in [9.17, 15) is 0 Å². The number of hydrogen-bond acceptors (Lipinski definition) is 2. The smallest absolute Gasteiger partial charge is 0.0483 e. The lowest BCUT2D eigenvalue weighted by Crippen LogP contribution is -2.48. The zero-order valence-corrected chi connectivity index (χ0v) is 10.1. The van der Waals surface area contributed by atoms with Crippen molar-refractivity contribution < 1.29 is 4.74 Å². The minimum atomic E-state index is 0.357. The minimum absolute atomic E-state index is 0.357. The van der Waals surface area contributed by atoms with Crippen LogP contribution in [-0.4, -0.2) is 25.3 Å². The van der Waals surface area contributed by atoms with E-state index in [-0.39, 0.29) is 0 Å². The van der Waals surface area contributed by atoms with Gasteiger partial charge in [-0.15, -0.1) is 0 Å². The third-order valence-corrected chi connectivity index (χ3v) is 4.14. The van der Waals surface area contributed by atoms with Crippen molar-refractivity contribution in [3.05, 3.63) is 0 Å². The second kappa shape index (κ2) is 5.31. The number of ether oxygens (including phenoxy) is 1. The van der Waals surface area contributed by atoms with Gasteiger partial charge in [0.15, 0.2) is 0 Å². The summed E-state index contributed by atoms with van der Waals surface area (Å²) in [5.74, 6) is 0.943. The van der Waals surface area contributed by atoms with Crippen LogP contribution < -0.4 is 5.32 Å². The summed E-state index contributed by atoms with van der Waals surface area (Å²) >= 11 is 0. The van der Waals surface area contributed by atoms with Crippen LogP contribution in [0.5, 0.6) is 0 Å². The summed E-state index contributed by atoms with van der Waals surface area (Å²) in [6.45, 7) is 5.47. The molecule has 1 aliphatic carbocycles. The Bertz CT molecular complexity index is 181. The van der Waals surface area contributed by atoms with Gasteiger partial charge in [0.05, 0.1) is 0 Å². The monoisotopic (exact) mass is 211 g/mol. The summed E-state index contributed by atoms with van der Waals surface area (Å²) in [5.41, 5.74) is 0.357. The molecule has 1 saturated carbocycles. The lowest BCUT2D eigenvalue weighted by atomic mass is 9.87. The third-order valence-electron chi connectivity index (χ3n) is 4.14. The van der Waals surface area contributed by atoms with Crippen molar-refractivity contribution in [3.63, 3.8) is 0 Å². The largest absolute Gasteiger partial charge is 0.381 e. The first kappa shape index (κ1) is 11.4. The molecular formula is C13H25NO. The van der Waals surface area contributed by atoms with E-state index in [0.29, 0.717) is 5.54 Å². The molecule has 15 heavy (non-hydrogen) atoms. The molecule has 0 aromatic rings. The van der Waals surface area contributed by atoms with Crippen molar-refractivity contribution in [2.24, 2.45) is 5.92 Å². The Morgan fingerprint density at radius 2 is 1.80 bits per heavy atom. The molecule has 0 amide bonds. The van der Waals surface area contributed by atoms with Crippen molar-refractivity contribution in [1.29, 1.82) is 0 Å². The molecule has 0 bridgehead atoms. The summed E-state index contributed by atoms with van der Waals surface area (Å²) in [6.07, 6.45) is 9.61. The molecular weight excluding hydrogens is 186 g/mol. The molecule has 2 nitrogen and oxygen atoms in total. The Kier molecular flexibility index (Phi) is 4.04. The summed E-state index contributed by atoms with van der Waals surface area (Å²) in [7, 11) is 0. The first-order valence-electron chi connectivity index (χ1n) is 6.61. The molecule has 1 aliphatic heterocycles. The summed E-state index contributed by atoms with van der Waals surface area (Å²) in [6, 6.07) is 0. The first-order valence-corrected chi connectivity index (χ1v) is 6.61. The molecule has 2 fully saturated rings. The topological polar surface area (TPSA) is 21.3 Å². The van der Waals surface area contributed by atoms with Crippen LogP contribution >= 0.6 is 0 Å². The summed E-state index contributed by atoms with van der Waals surface area (Å²) in [5, 5.41) is 3.79. The van der Waals surface area contributed by atoms with Gasteiger partial charge in [-0.3, -0.25) is 0 Å². The molecule has 0 spiro atoms. The van der Waals surface area contributed by atoms with Crippen molar-refractivity contribution >= 4 is 0 Å². The number of rotatable bonds is 3. The van der Waals surface area contributed by atoms with E-state index in [4.69, 9.17) is 4.74 Å². The van der Waals surface area contributed by atoms with Crippen LogP contribution in [0.1, 0.15) is 51.9 Å². The van der Waals surface area contributed by atoms with Crippen LogP contribution in [-0.2, 0) is 4.74 Å². The highest BCUT2D eigenvalue weighted by atomic mass is 16.5. The normalized spacial score (nSPS) is 27.8. The van der Waals surface area contributed by atoms with Crippen LogP contribution in [0.15, 0.2) is 0 Å². The van der Waals surface area contributed by atoms with Gasteiger partial charge in [0.1, 0.15) is 0 Å². The van der Waals surface area contributed by atoms with Gasteiger partial charge in [0, 0.05) is 18.8 Å². The van der Waals surface area contributed by atoms with E-state index in [1.54, 1.807) is 0 Å². The standard InChI is InChI=1S/C13H25NO/c1-13(7-9-15-10-8-13)14-11-12-5-3-2-4-6-12/h12,14H,2-11H2,1H3. The van der Waals surface area contributed by atoms with Gasteiger partial charge in [-0.1, -0.05) is 19.3 Å². The maximum Gasteiger partial charge on any atom is 0.0483 e. The predicted molar refractivity (Wildman–Crippen MR) is 63.0 cm³/mol. The van der Waals surface area contributed by atoms with E-state index in [2.05, 4.69) is 12.2 Å². The van der Waals surface area contributed by atoms with Crippen LogP contribution in [0.4, 0.5) is 0 Å². The van der Waals surface area contributed by atoms with Crippen molar-refractivity contribution in [1.82, 2.24) is 5.32 Å². The van der Waals surface area contributed by atoms with Crippen molar-refractivity contribution in [2.75, 3.05) is 19.8 Å². The quantitative estimate of drug-likeness (QED) is 0.775. The summed E-state index contributed by atoms with van der Waals surface area (Å²) in [4.78, 5) is 0. The molecule has 1 N–H and O–H groups in total. The fourth-order valence-electron chi connectivity index (χ4n) is 2.78. The van der Waals surface area contributed by atoms with Crippen LogP contribution in [0.25, 0.3) is 0 Å². The Balaban J connectivity index is 1.70. The lowest BCUT2D eigenvalue weighted by molar-refractivity contribution is 0.0430. The van der Waals surface area contributed by atoms with Gasteiger partial charge in [0.2, 0.25) is 0 Å². The second-order valence-corrected chi connectivity index (χ2v) is 5.56. The van der Waals surface area contributed by atoms with E-state index < -0.39 is 0 Å². The molecule has 0 aromatic carbocycles. The molecule has 88 valence electrons. The highest BCUT2D eigenvalue weighted by Gasteiger charge is 2.27. The van der Waals surface area contributed by atoms with E-state index in [0.717, 1.165) is 19.1 Å². The molecule has 0 radical (unpaired) electrons. The van der Waals surface area contributed by atoms with E-state index >= 15 is 0 Å². The van der Waals surface area contributed by atoms with E-state index in [1.807, 2.05) is 0 Å². The molecule has 1 heterocycles. The Labute approximate surface area is 93.8 Å². The van der Waals surface area contributed by atoms with Gasteiger partial charge >= 0.3 is 0 Å².